The fraction of sp³-hybridized carbons (Fsp3) is 0.381. The second-order valence-electron chi connectivity index (χ2n) is 6.48. The van der Waals surface area contributed by atoms with Gasteiger partial charge in [0.1, 0.15) is 0 Å². The summed E-state index contributed by atoms with van der Waals surface area (Å²) in [6.45, 7) is 8.41. The third kappa shape index (κ3) is 6.14. The molecule has 25 heavy (non-hydrogen) atoms. The number of benzene rings is 2. The Morgan fingerprint density at radius 2 is 1.36 bits per heavy atom. The van der Waals surface area contributed by atoms with Gasteiger partial charge in [-0.2, -0.15) is 0 Å². The quantitative estimate of drug-likeness (QED) is 0.538. The number of esters is 1. The van der Waals surface area contributed by atoms with Crippen LogP contribution < -0.4 is 10.6 Å². The maximum atomic E-state index is 11.9. The average Bonchev–Trinajstić information content (AvgIpc) is 2.58. The van der Waals surface area contributed by atoms with Crippen molar-refractivity contribution in [3.63, 3.8) is 0 Å². The molecule has 0 aliphatic carbocycles. The molecule has 0 saturated heterocycles. The molecule has 0 heterocycles. The van der Waals surface area contributed by atoms with Crippen molar-refractivity contribution >= 4 is 17.3 Å². The molecule has 0 aliphatic rings. The van der Waals surface area contributed by atoms with E-state index in [4.69, 9.17) is 4.74 Å². The summed E-state index contributed by atoms with van der Waals surface area (Å²) in [6, 6.07) is 16.5. The Morgan fingerprint density at radius 1 is 0.920 bits per heavy atom. The number of aryl methyl sites for hydroxylation is 2. The monoisotopic (exact) mass is 340 g/mol. The first kappa shape index (κ1) is 18.8. The van der Waals surface area contributed by atoms with Crippen LogP contribution in [-0.2, 0) is 9.53 Å². The van der Waals surface area contributed by atoms with Gasteiger partial charge in [-0.1, -0.05) is 42.3 Å². The molecule has 4 heteroatoms. The van der Waals surface area contributed by atoms with Gasteiger partial charge in [0, 0.05) is 17.3 Å². The highest BCUT2D eigenvalue weighted by atomic mass is 16.5. The number of rotatable bonds is 8. The van der Waals surface area contributed by atoms with E-state index in [2.05, 4.69) is 73.0 Å². The summed E-state index contributed by atoms with van der Waals surface area (Å²) in [4.78, 5) is 11.9. The van der Waals surface area contributed by atoms with Crippen molar-refractivity contribution in [2.45, 2.75) is 40.3 Å². The summed E-state index contributed by atoms with van der Waals surface area (Å²) in [6.07, 6.45) is 0.269. The summed E-state index contributed by atoms with van der Waals surface area (Å²) in [7, 11) is 0. The van der Waals surface area contributed by atoms with E-state index in [1.54, 1.807) is 0 Å². The highest BCUT2D eigenvalue weighted by Gasteiger charge is 2.21. The van der Waals surface area contributed by atoms with E-state index in [1.165, 1.54) is 11.1 Å². The van der Waals surface area contributed by atoms with Crippen molar-refractivity contribution in [3.8, 4) is 0 Å². The van der Waals surface area contributed by atoms with Crippen molar-refractivity contribution in [1.82, 2.24) is 0 Å². The van der Waals surface area contributed by atoms with E-state index in [1.807, 2.05) is 13.8 Å². The van der Waals surface area contributed by atoms with Crippen LogP contribution >= 0.6 is 0 Å². The van der Waals surface area contributed by atoms with Crippen LogP contribution in [0, 0.1) is 19.8 Å². The van der Waals surface area contributed by atoms with E-state index in [0.717, 1.165) is 11.4 Å². The molecule has 2 rings (SSSR count). The molecule has 1 atom stereocenters. The average molecular weight is 340 g/mol. The van der Waals surface area contributed by atoms with Crippen LogP contribution in [-0.4, -0.2) is 18.7 Å². The molecule has 2 N–H and O–H groups in total. The maximum absolute atomic E-state index is 11.9. The third-order valence-electron chi connectivity index (χ3n) is 4.11. The van der Waals surface area contributed by atoms with Gasteiger partial charge in [0.2, 0.25) is 0 Å². The lowest BCUT2D eigenvalue weighted by Crippen LogP contribution is -2.36. The number of hydrogen-bond donors (Lipinski definition) is 2. The molecule has 0 bridgehead atoms. The molecule has 0 saturated carbocycles. The van der Waals surface area contributed by atoms with Crippen LogP contribution in [0.25, 0.3) is 0 Å². The van der Waals surface area contributed by atoms with Crippen LogP contribution in [0.15, 0.2) is 48.5 Å². The zero-order valence-corrected chi connectivity index (χ0v) is 15.5. The molecular formula is C21H28N2O2. The molecule has 0 aliphatic heterocycles. The first-order valence-electron chi connectivity index (χ1n) is 8.80. The summed E-state index contributed by atoms with van der Waals surface area (Å²) < 4.78 is 5.10. The number of carbonyl (C=O) groups is 1. The highest BCUT2D eigenvalue weighted by Crippen LogP contribution is 2.20. The van der Waals surface area contributed by atoms with E-state index < -0.39 is 0 Å². The van der Waals surface area contributed by atoms with E-state index in [9.17, 15) is 4.79 Å². The third-order valence-corrected chi connectivity index (χ3v) is 4.11. The normalized spacial score (nSPS) is 11.9. The Kier molecular flexibility index (Phi) is 6.87. The Balaban J connectivity index is 2.12. The van der Waals surface area contributed by atoms with Crippen molar-refractivity contribution in [2.24, 2.45) is 5.92 Å². The first-order chi connectivity index (χ1) is 12.0. The summed E-state index contributed by atoms with van der Waals surface area (Å²) in [5.74, 6) is -0.113. The minimum atomic E-state index is -0.170. The first-order valence-corrected chi connectivity index (χ1v) is 8.80. The van der Waals surface area contributed by atoms with Gasteiger partial charge in [-0.25, -0.2) is 0 Å². The molecule has 0 radical (unpaired) electrons. The number of nitrogens with one attached hydrogen (secondary N) is 2. The molecule has 1 unspecified atom stereocenters. The van der Waals surface area contributed by atoms with Crippen LogP contribution in [0.2, 0.25) is 0 Å². The van der Waals surface area contributed by atoms with Crippen molar-refractivity contribution in [3.05, 3.63) is 59.7 Å². The van der Waals surface area contributed by atoms with Crippen molar-refractivity contribution in [1.29, 1.82) is 0 Å². The standard InChI is InChI=1S/C21H28N2O2/c1-5-25-20(24)14-17(4)21(22-18-10-6-15(2)7-11-18)23-19-12-8-16(3)9-13-19/h6-13,17,21-23H,5,14H2,1-4H3. The minimum absolute atomic E-state index is 0.0571. The zero-order chi connectivity index (χ0) is 18.2. The molecule has 0 spiro atoms. The number of carbonyl (C=O) groups excluding carboxylic acids is 1. The Bertz CT molecular complexity index is 618. The highest BCUT2D eigenvalue weighted by molar-refractivity contribution is 5.70. The second-order valence-corrected chi connectivity index (χ2v) is 6.48. The van der Waals surface area contributed by atoms with Gasteiger partial charge in [0.25, 0.3) is 0 Å². The minimum Gasteiger partial charge on any atom is -0.466 e. The van der Waals surface area contributed by atoms with Crippen LogP contribution in [0.1, 0.15) is 31.4 Å². The lowest BCUT2D eigenvalue weighted by molar-refractivity contribution is -0.144. The van der Waals surface area contributed by atoms with Crippen molar-refractivity contribution < 1.29 is 9.53 Å². The van der Waals surface area contributed by atoms with Crippen LogP contribution in [0.5, 0.6) is 0 Å². The maximum Gasteiger partial charge on any atom is 0.306 e. The number of ether oxygens (including phenoxy) is 1. The van der Waals surface area contributed by atoms with Crippen LogP contribution in [0.4, 0.5) is 11.4 Å². The summed E-state index contributed by atoms with van der Waals surface area (Å²) in [5, 5.41) is 7.00. The largest absolute Gasteiger partial charge is 0.466 e. The van der Waals surface area contributed by atoms with Gasteiger partial charge in [-0.15, -0.1) is 0 Å². The number of hydrogen-bond acceptors (Lipinski definition) is 4. The summed E-state index contributed by atoms with van der Waals surface area (Å²) >= 11 is 0. The Hall–Kier alpha value is -2.49. The molecule has 0 aromatic heterocycles. The Labute approximate surface area is 150 Å². The topological polar surface area (TPSA) is 50.4 Å². The predicted molar refractivity (Wildman–Crippen MR) is 104 cm³/mol. The van der Waals surface area contributed by atoms with Gasteiger partial charge < -0.3 is 15.4 Å². The van der Waals surface area contributed by atoms with Gasteiger partial charge in [-0.3, -0.25) is 4.79 Å². The number of anilines is 2. The molecule has 2 aromatic carbocycles. The van der Waals surface area contributed by atoms with Crippen molar-refractivity contribution in [2.75, 3.05) is 17.2 Å². The SMILES string of the molecule is CCOC(=O)CC(C)C(Nc1ccc(C)cc1)Nc1ccc(C)cc1. The van der Waals surface area contributed by atoms with Crippen LogP contribution in [0.3, 0.4) is 0 Å². The zero-order valence-electron chi connectivity index (χ0n) is 15.5. The smallest absolute Gasteiger partial charge is 0.306 e. The second kappa shape index (κ2) is 9.11. The van der Waals surface area contributed by atoms with E-state index in [0.29, 0.717) is 13.0 Å². The molecule has 0 amide bonds. The van der Waals surface area contributed by atoms with Gasteiger partial charge in [0.05, 0.1) is 19.2 Å². The Morgan fingerprint density at radius 3 is 1.76 bits per heavy atom. The molecule has 134 valence electrons. The van der Waals surface area contributed by atoms with Gasteiger partial charge >= 0.3 is 5.97 Å². The summed E-state index contributed by atoms with van der Waals surface area (Å²) in [5.41, 5.74) is 4.47. The van der Waals surface area contributed by atoms with E-state index in [-0.39, 0.29) is 18.1 Å². The predicted octanol–water partition coefficient (Wildman–Crippen LogP) is 4.74. The van der Waals surface area contributed by atoms with Gasteiger partial charge in [-0.05, 0) is 45.0 Å². The molecule has 2 aromatic rings. The van der Waals surface area contributed by atoms with Gasteiger partial charge in [0.15, 0.2) is 0 Å². The lowest BCUT2D eigenvalue weighted by Gasteiger charge is -2.28. The van der Waals surface area contributed by atoms with E-state index >= 15 is 0 Å². The lowest BCUT2D eigenvalue weighted by atomic mass is 10.0. The molecule has 0 fully saturated rings. The molecule has 4 nitrogen and oxygen atoms in total. The molecular weight excluding hydrogens is 312 g/mol. The fourth-order valence-corrected chi connectivity index (χ4v) is 2.58. The fourth-order valence-electron chi connectivity index (χ4n) is 2.58.